The van der Waals surface area contributed by atoms with Gasteiger partial charge < -0.3 is 10.5 Å². The molecule has 1 heterocycles. The molecule has 0 atom stereocenters. The number of carbonyl (C=O) groups is 1. The molecule has 0 aromatic rings. The molecule has 0 aromatic heterocycles. The number of hydrogen-bond acceptors (Lipinski definition) is 4. The van der Waals surface area contributed by atoms with Gasteiger partial charge in [-0.25, -0.2) is 0 Å². The fourth-order valence-electron chi connectivity index (χ4n) is 2.62. The van der Waals surface area contributed by atoms with Crippen LogP contribution in [0.3, 0.4) is 0 Å². The predicted molar refractivity (Wildman–Crippen MR) is 65.3 cm³/mol. The van der Waals surface area contributed by atoms with E-state index < -0.39 is 0 Å². The van der Waals surface area contributed by atoms with E-state index in [1.54, 1.807) is 0 Å². The van der Waals surface area contributed by atoms with Crippen molar-refractivity contribution < 1.29 is 10.0 Å². The first-order chi connectivity index (χ1) is 8.28. The maximum absolute atomic E-state index is 11.8. The minimum Gasteiger partial charge on any atom is -0.411 e. The van der Waals surface area contributed by atoms with Crippen LogP contribution in [0.2, 0.25) is 0 Å². The molecule has 0 spiro atoms. The molecule has 2 N–H and O–H groups in total. The SMILES string of the molecule is O=C(CN1CCC(=NO)CC1)NC1CCCC1. The Kier molecular flexibility index (Phi) is 4.36. The van der Waals surface area contributed by atoms with Crippen LogP contribution in [0.4, 0.5) is 0 Å². The number of carbonyl (C=O) groups excluding carboxylic acids is 1. The lowest BCUT2D eigenvalue weighted by atomic mass is 10.1. The van der Waals surface area contributed by atoms with Crippen LogP contribution in [-0.4, -0.2) is 47.4 Å². The lowest BCUT2D eigenvalue weighted by Gasteiger charge is -2.26. The Morgan fingerprint density at radius 3 is 2.59 bits per heavy atom. The molecule has 0 aromatic carbocycles. The van der Waals surface area contributed by atoms with Crippen molar-refractivity contribution in [3.05, 3.63) is 0 Å². The first-order valence-corrected chi connectivity index (χ1v) is 6.49. The summed E-state index contributed by atoms with van der Waals surface area (Å²) in [4.78, 5) is 13.9. The van der Waals surface area contributed by atoms with Gasteiger partial charge in [0.15, 0.2) is 0 Å². The third kappa shape index (κ3) is 3.70. The lowest BCUT2D eigenvalue weighted by Crippen LogP contribution is -2.44. The van der Waals surface area contributed by atoms with Crippen molar-refractivity contribution in [2.24, 2.45) is 5.16 Å². The van der Waals surface area contributed by atoms with E-state index in [0.717, 1.165) is 44.5 Å². The molecule has 1 aliphatic heterocycles. The van der Waals surface area contributed by atoms with Gasteiger partial charge in [0.2, 0.25) is 5.91 Å². The van der Waals surface area contributed by atoms with Crippen LogP contribution in [0.25, 0.3) is 0 Å². The summed E-state index contributed by atoms with van der Waals surface area (Å²) in [6, 6.07) is 0.404. The van der Waals surface area contributed by atoms with Crippen molar-refractivity contribution in [2.75, 3.05) is 19.6 Å². The van der Waals surface area contributed by atoms with E-state index in [1.807, 2.05) is 0 Å². The minimum absolute atomic E-state index is 0.140. The quantitative estimate of drug-likeness (QED) is 0.570. The van der Waals surface area contributed by atoms with Crippen molar-refractivity contribution in [1.29, 1.82) is 0 Å². The van der Waals surface area contributed by atoms with Crippen LogP contribution < -0.4 is 5.32 Å². The van der Waals surface area contributed by atoms with E-state index in [4.69, 9.17) is 5.21 Å². The molecular weight excluding hydrogens is 218 g/mol. The Hall–Kier alpha value is -1.10. The van der Waals surface area contributed by atoms with Gasteiger partial charge in [-0.1, -0.05) is 18.0 Å². The summed E-state index contributed by atoms with van der Waals surface area (Å²) in [7, 11) is 0. The van der Waals surface area contributed by atoms with Gasteiger partial charge in [0, 0.05) is 32.0 Å². The molecule has 1 amide bonds. The van der Waals surface area contributed by atoms with Gasteiger partial charge in [0.25, 0.3) is 0 Å². The molecule has 1 saturated heterocycles. The van der Waals surface area contributed by atoms with Crippen LogP contribution in [0, 0.1) is 0 Å². The zero-order valence-electron chi connectivity index (χ0n) is 10.2. The average Bonchev–Trinajstić information content (AvgIpc) is 2.82. The standard InChI is InChI=1S/C12H21N3O2/c16-12(13-10-3-1-2-4-10)9-15-7-5-11(14-17)6-8-15/h10,17H,1-9H2,(H,13,16). The highest BCUT2D eigenvalue weighted by atomic mass is 16.4. The van der Waals surface area contributed by atoms with Crippen molar-refractivity contribution >= 4 is 11.6 Å². The Balaban J connectivity index is 1.68. The van der Waals surface area contributed by atoms with Gasteiger partial charge in [-0.2, -0.15) is 0 Å². The highest BCUT2D eigenvalue weighted by molar-refractivity contribution is 5.85. The van der Waals surface area contributed by atoms with E-state index in [0.29, 0.717) is 12.6 Å². The van der Waals surface area contributed by atoms with Crippen molar-refractivity contribution in [2.45, 2.75) is 44.6 Å². The van der Waals surface area contributed by atoms with E-state index in [9.17, 15) is 4.79 Å². The summed E-state index contributed by atoms with van der Waals surface area (Å²) < 4.78 is 0. The Bertz CT molecular complexity index is 288. The molecule has 5 heteroatoms. The second-order valence-electron chi connectivity index (χ2n) is 4.99. The minimum atomic E-state index is 0.140. The zero-order chi connectivity index (χ0) is 12.1. The summed E-state index contributed by atoms with van der Waals surface area (Å²) in [5.41, 5.74) is 0.845. The van der Waals surface area contributed by atoms with E-state index in [-0.39, 0.29) is 5.91 Å². The molecule has 17 heavy (non-hydrogen) atoms. The summed E-state index contributed by atoms with van der Waals surface area (Å²) >= 11 is 0. The normalized spacial score (nSPS) is 22.7. The first kappa shape index (κ1) is 12.4. The maximum Gasteiger partial charge on any atom is 0.234 e. The number of oxime groups is 1. The smallest absolute Gasteiger partial charge is 0.234 e. The van der Waals surface area contributed by atoms with Gasteiger partial charge in [0.1, 0.15) is 0 Å². The summed E-state index contributed by atoms with van der Waals surface area (Å²) in [5, 5.41) is 15.0. The van der Waals surface area contributed by atoms with Gasteiger partial charge in [-0.3, -0.25) is 9.69 Å². The van der Waals surface area contributed by atoms with Crippen LogP contribution >= 0.6 is 0 Å². The van der Waals surface area contributed by atoms with Crippen LogP contribution in [0.15, 0.2) is 5.16 Å². The molecule has 0 radical (unpaired) electrons. The van der Waals surface area contributed by atoms with Gasteiger partial charge in [-0.05, 0) is 12.8 Å². The largest absolute Gasteiger partial charge is 0.411 e. The van der Waals surface area contributed by atoms with Crippen LogP contribution in [0.5, 0.6) is 0 Å². The molecule has 5 nitrogen and oxygen atoms in total. The number of hydrogen-bond donors (Lipinski definition) is 2. The van der Waals surface area contributed by atoms with Crippen LogP contribution in [0.1, 0.15) is 38.5 Å². The molecular formula is C12H21N3O2. The number of rotatable bonds is 3. The number of nitrogens with zero attached hydrogens (tertiary/aromatic N) is 2. The Morgan fingerprint density at radius 2 is 2.00 bits per heavy atom. The average molecular weight is 239 g/mol. The lowest BCUT2D eigenvalue weighted by molar-refractivity contribution is -0.123. The fourth-order valence-corrected chi connectivity index (χ4v) is 2.62. The third-order valence-electron chi connectivity index (χ3n) is 3.66. The van der Waals surface area contributed by atoms with Crippen molar-refractivity contribution in [1.82, 2.24) is 10.2 Å². The summed E-state index contributed by atoms with van der Waals surface area (Å²) in [5.74, 6) is 0.140. The van der Waals surface area contributed by atoms with Gasteiger partial charge >= 0.3 is 0 Å². The number of amides is 1. The molecule has 1 saturated carbocycles. The summed E-state index contributed by atoms with van der Waals surface area (Å²) in [6.45, 7) is 2.12. The summed E-state index contributed by atoms with van der Waals surface area (Å²) in [6.07, 6.45) is 6.29. The second kappa shape index (κ2) is 6.00. The monoisotopic (exact) mass is 239 g/mol. The predicted octanol–water partition coefficient (Wildman–Crippen LogP) is 0.971. The Labute approximate surface area is 102 Å². The molecule has 1 aliphatic carbocycles. The van der Waals surface area contributed by atoms with Crippen molar-refractivity contribution in [3.8, 4) is 0 Å². The topological polar surface area (TPSA) is 64.9 Å². The maximum atomic E-state index is 11.8. The molecule has 0 unspecified atom stereocenters. The van der Waals surface area contributed by atoms with Crippen molar-refractivity contribution in [3.63, 3.8) is 0 Å². The highest BCUT2D eigenvalue weighted by Crippen LogP contribution is 2.17. The fraction of sp³-hybridized carbons (Fsp3) is 0.833. The van der Waals surface area contributed by atoms with E-state index in [2.05, 4.69) is 15.4 Å². The van der Waals surface area contributed by atoms with E-state index in [1.165, 1.54) is 12.8 Å². The molecule has 0 bridgehead atoms. The molecule has 2 aliphatic rings. The first-order valence-electron chi connectivity index (χ1n) is 6.49. The van der Waals surface area contributed by atoms with Gasteiger partial charge in [-0.15, -0.1) is 0 Å². The van der Waals surface area contributed by atoms with Gasteiger partial charge in [0.05, 0.1) is 12.3 Å². The molecule has 2 rings (SSSR count). The zero-order valence-corrected chi connectivity index (χ0v) is 10.2. The number of piperidine rings is 1. The Morgan fingerprint density at radius 1 is 1.35 bits per heavy atom. The molecule has 2 fully saturated rings. The van der Waals surface area contributed by atoms with E-state index >= 15 is 0 Å². The third-order valence-corrected chi connectivity index (χ3v) is 3.66. The molecule has 96 valence electrons. The highest BCUT2D eigenvalue weighted by Gasteiger charge is 2.21. The number of likely N-dealkylation sites (tertiary alicyclic amines) is 1. The second-order valence-corrected chi connectivity index (χ2v) is 4.99. The van der Waals surface area contributed by atoms with Crippen LogP contribution in [-0.2, 0) is 4.79 Å². The number of nitrogens with one attached hydrogen (secondary N) is 1.